The van der Waals surface area contributed by atoms with Crippen molar-refractivity contribution in [3.8, 4) is 5.75 Å². The Morgan fingerprint density at radius 1 is 0.864 bits per heavy atom. The number of guanidine groups is 1. The highest BCUT2D eigenvalue weighted by Gasteiger charge is 2.33. The van der Waals surface area contributed by atoms with Crippen LogP contribution in [0.4, 0.5) is 0 Å². The summed E-state index contributed by atoms with van der Waals surface area (Å²) in [6.07, 6.45) is 0.224. The van der Waals surface area contributed by atoms with Crippen molar-refractivity contribution < 1.29 is 39.0 Å². The lowest BCUT2D eigenvalue weighted by atomic mass is 9.96. The molecule has 12 N–H and O–H groups in total. The summed E-state index contributed by atoms with van der Waals surface area (Å²) in [5, 5.41) is 38.7. The zero-order valence-electron chi connectivity index (χ0n) is 25.1. The smallest absolute Gasteiger partial charge is 0.303 e. The molecule has 16 heteroatoms. The van der Waals surface area contributed by atoms with Crippen molar-refractivity contribution >= 4 is 41.5 Å². The molecule has 0 saturated heterocycles. The summed E-state index contributed by atoms with van der Waals surface area (Å²) in [6, 6.07) is 1.17. The van der Waals surface area contributed by atoms with Crippen LogP contribution in [0, 0.1) is 11.3 Å². The maximum Gasteiger partial charge on any atom is 0.303 e. The zero-order chi connectivity index (χ0) is 33.4. The third-order valence-corrected chi connectivity index (χ3v) is 6.79. The van der Waals surface area contributed by atoms with E-state index in [2.05, 4.69) is 26.6 Å². The summed E-state index contributed by atoms with van der Waals surface area (Å²) < 4.78 is 0. The predicted octanol–water partition coefficient (Wildman–Crippen LogP) is -1.45. The van der Waals surface area contributed by atoms with Gasteiger partial charge < -0.3 is 48.3 Å². The Balaban J connectivity index is 3.23. The third-order valence-electron chi connectivity index (χ3n) is 6.79. The molecular weight excluding hydrogens is 576 g/mol. The Morgan fingerprint density at radius 3 is 1.98 bits per heavy atom. The first-order chi connectivity index (χ1) is 20.6. The SMILES string of the molecule is CC[C@H](C)[C@H](NC(=O)[C@H](CCC(=O)O)NC(C)=O)C(=O)N[C@@H](Cc1ccc(O)cc1)C(=O)N[C@@H](CCCNC(=N)N)C(N)=O. The second-order valence-electron chi connectivity index (χ2n) is 10.4. The summed E-state index contributed by atoms with van der Waals surface area (Å²) in [5.74, 6) is -5.49. The van der Waals surface area contributed by atoms with E-state index >= 15 is 0 Å². The first-order valence-electron chi connectivity index (χ1n) is 14.2. The fourth-order valence-corrected chi connectivity index (χ4v) is 4.16. The van der Waals surface area contributed by atoms with E-state index in [1.807, 2.05) is 0 Å². The number of aliphatic carboxylic acids is 1. The van der Waals surface area contributed by atoms with E-state index < -0.39 is 72.0 Å². The van der Waals surface area contributed by atoms with E-state index in [-0.39, 0.29) is 37.5 Å². The maximum atomic E-state index is 13.6. The van der Waals surface area contributed by atoms with Gasteiger partial charge in [-0.05, 0) is 42.9 Å². The number of phenolic OH excluding ortho intramolecular Hbond substituents is 1. The van der Waals surface area contributed by atoms with Crippen LogP contribution in [0.3, 0.4) is 0 Å². The van der Waals surface area contributed by atoms with Crippen molar-refractivity contribution in [3.63, 3.8) is 0 Å². The monoisotopic (exact) mass is 620 g/mol. The largest absolute Gasteiger partial charge is 0.508 e. The Morgan fingerprint density at radius 2 is 1.45 bits per heavy atom. The van der Waals surface area contributed by atoms with E-state index in [9.17, 15) is 33.9 Å². The highest BCUT2D eigenvalue weighted by Crippen LogP contribution is 2.14. The molecule has 0 heterocycles. The topological polar surface area (TPSA) is 279 Å². The molecule has 44 heavy (non-hydrogen) atoms. The van der Waals surface area contributed by atoms with Crippen molar-refractivity contribution in [2.75, 3.05) is 6.54 Å². The first kappa shape index (κ1) is 37.1. The number of carboxylic acids is 1. The molecule has 0 spiro atoms. The second kappa shape index (κ2) is 18.6. The molecule has 5 amide bonds. The molecule has 0 saturated carbocycles. The number of hydrogen-bond donors (Lipinski definition) is 10. The van der Waals surface area contributed by atoms with Gasteiger partial charge in [0.1, 0.15) is 29.9 Å². The number of hydrogen-bond acceptors (Lipinski definition) is 8. The van der Waals surface area contributed by atoms with Crippen LogP contribution in [-0.4, -0.2) is 82.4 Å². The Hall–Kier alpha value is -4.89. The number of benzene rings is 1. The van der Waals surface area contributed by atoms with Crippen LogP contribution in [0.15, 0.2) is 24.3 Å². The number of amides is 5. The molecule has 0 aliphatic rings. The number of phenols is 1. The summed E-state index contributed by atoms with van der Waals surface area (Å²) >= 11 is 0. The molecule has 1 aromatic carbocycles. The lowest BCUT2D eigenvalue weighted by Gasteiger charge is -2.29. The van der Waals surface area contributed by atoms with Gasteiger partial charge >= 0.3 is 5.97 Å². The summed E-state index contributed by atoms with van der Waals surface area (Å²) in [4.78, 5) is 74.9. The number of primary amides is 1. The Bertz CT molecular complexity index is 1180. The maximum absolute atomic E-state index is 13.6. The number of rotatable bonds is 19. The van der Waals surface area contributed by atoms with Crippen molar-refractivity contribution in [1.82, 2.24) is 26.6 Å². The van der Waals surface area contributed by atoms with Gasteiger partial charge in [-0.2, -0.15) is 0 Å². The quantitative estimate of drug-likeness (QED) is 0.0488. The van der Waals surface area contributed by atoms with Gasteiger partial charge in [0.25, 0.3) is 0 Å². The molecule has 0 aromatic heterocycles. The van der Waals surface area contributed by atoms with Gasteiger partial charge in [-0.3, -0.25) is 34.2 Å². The van der Waals surface area contributed by atoms with Crippen LogP contribution < -0.4 is 38.1 Å². The lowest BCUT2D eigenvalue weighted by Crippen LogP contribution is -2.59. The molecule has 0 radical (unpaired) electrons. The van der Waals surface area contributed by atoms with Crippen molar-refractivity contribution in [1.29, 1.82) is 5.41 Å². The highest BCUT2D eigenvalue weighted by molar-refractivity contribution is 5.95. The average Bonchev–Trinajstić information content (AvgIpc) is 2.94. The Kier molecular flexibility index (Phi) is 15.7. The molecule has 1 aromatic rings. The minimum atomic E-state index is -1.24. The van der Waals surface area contributed by atoms with Crippen LogP contribution in [-0.2, 0) is 35.2 Å². The second-order valence-corrected chi connectivity index (χ2v) is 10.4. The molecule has 0 fully saturated rings. The predicted molar refractivity (Wildman–Crippen MR) is 160 cm³/mol. The molecule has 244 valence electrons. The number of aromatic hydroxyl groups is 1. The summed E-state index contributed by atoms with van der Waals surface area (Å²) in [6.45, 7) is 4.91. The minimum absolute atomic E-state index is 0.0112. The van der Waals surface area contributed by atoms with E-state index in [1.54, 1.807) is 26.0 Å². The average molecular weight is 621 g/mol. The van der Waals surface area contributed by atoms with Gasteiger partial charge in [-0.1, -0.05) is 32.4 Å². The molecule has 0 aliphatic carbocycles. The molecule has 0 aliphatic heterocycles. The van der Waals surface area contributed by atoms with Crippen molar-refractivity contribution in [2.45, 2.75) is 83.5 Å². The standard InChI is InChI=1S/C28H44N8O8/c1-4-15(2)23(36-25(42)20(33-16(3)37)11-12-22(39)40)27(44)35-21(14-17-7-9-18(38)10-8-17)26(43)34-19(24(29)41)6-5-13-32-28(30)31/h7-10,15,19-21,23,38H,4-6,11-14H2,1-3H3,(H2,29,41)(H,33,37)(H,34,43)(H,35,44)(H,36,42)(H,39,40)(H4,30,31,32)/t15-,19-,20-,21-,23-/m0/s1. The van der Waals surface area contributed by atoms with Gasteiger partial charge in [-0.25, -0.2) is 0 Å². The third kappa shape index (κ3) is 13.8. The van der Waals surface area contributed by atoms with Gasteiger partial charge in [0, 0.05) is 26.3 Å². The van der Waals surface area contributed by atoms with E-state index in [0.29, 0.717) is 18.4 Å². The fourth-order valence-electron chi connectivity index (χ4n) is 4.16. The van der Waals surface area contributed by atoms with Crippen LogP contribution in [0.25, 0.3) is 0 Å². The van der Waals surface area contributed by atoms with Crippen LogP contribution in [0.5, 0.6) is 5.75 Å². The van der Waals surface area contributed by atoms with Crippen LogP contribution >= 0.6 is 0 Å². The molecule has 0 bridgehead atoms. The number of nitrogens with one attached hydrogen (secondary N) is 6. The van der Waals surface area contributed by atoms with Gasteiger partial charge in [0.2, 0.25) is 29.5 Å². The minimum Gasteiger partial charge on any atom is -0.508 e. The molecule has 1 rings (SSSR count). The number of carboxylic acid groups (broad SMARTS) is 1. The highest BCUT2D eigenvalue weighted by atomic mass is 16.4. The van der Waals surface area contributed by atoms with Gasteiger partial charge in [0.15, 0.2) is 5.96 Å². The number of carbonyl (C=O) groups excluding carboxylic acids is 5. The van der Waals surface area contributed by atoms with Crippen LogP contribution in [0.2, 0.25) is 0 Å². The first-order valence-corrected chi connectivity index (χ1v) is 14.2. The molecule has 5 atom stereocenters. The normalized spacial score (nSPS) is 14.1. The number of nitrogens with two attached hydrogens (primary N) is 2. The van der Waals surface area contributed by atoms with Crippen molar-refractivity contribution in [2.24, 2.45) is 17.4 Å². The van der Waals surface area contributed by atoms with E-state index in [0.717, 1.165) is 0 Å². The summed E-state index contributed by atoms with van der Waals surface area (Å²) in [5.41, 5.74) is 11.3. The number of carbonyl (C=O) groups is 6. The zero-order valence-corrected chi connectivity index (χ0v) is 25.1. The molecule has 0 unspecified atom stereocenters. The van der Waals surface area contributed by atoms with Gasteiger partial charge in [-0.15, -0.1) is 0 Å². The summed E-state index contributed by atoms with van der Waals surface area (Å²) in [7, 11) is 0. The van der Waals surface area contributed by atoms with Crippen molar-refractivity contribution in [3.05, 3.63) is 29.8 Å². The molecule has 16 nitrogen and oxygen atoms in total. The van der Waals surface area contributed by atoms with E-state index in [4.69, 9.17) is 22.0 Å². The lowest BCUT2D eigenvalue weighted by molar-refractivity contribution is -0.138. The van der Waals surface area contributed by atoms with Crippen LogP contribution in [0.1, 0.15) is 58.4 Å². The van der Waals surface area contributed by atoms with Gasteiger partial charge in [0.05, 0.1) is 0 Å². The molecular formula is C28H44N8O8. The Labute approximate surface area is 255 Å². The fraction of sp³-hybridized carbons (Fsp3) is 0.536. The van der Waals surface area contributed by atoms with E-state index in [1.165, 1.54) is 19.1 Å².